The molecule has 0 aliphatic carbocycles. The highest BCUT2D eigenvalue weighted by Crippen LogP contribution is 2.18. The molecule has 1 saturated heterocycles. The molecule has 0 aromatic heterocycles. The molecule has 0 bridgehead atoms. The number of benzene rings is 1. The Morgan fingerprint density at radius 2 is 2.00 bits per heavy atom. The molecule has 9 nitrogen and oxygen atoms in total. The van der Waals surface area contributed by atoms with Gasteiger partial charge in [0.15, 0.2) is 5.11 Å². The van der Waals surface area contributed by atoms with Gasteiger partial charge in [-0.05, 0) is 36.7 Å². The Balaban J connectivity index is 2.02. The molecule has 176 valence electrons. The summed E-state index contributed by atoms with van der Waals surface area (Å²) in [5.74, 6) is -0.485. The van der Waals surface area contributed by atoms with Crippen LogP contribution in [-0.4, -0.2) is 73.9 Å². The second-order valence-corrected chi connectivity index (χ2v) is 8.09. The van der Waals surface area contributed by atoms with Crippen LogP contribution in [0.5, 0.6) is 5.75 Å². The number of nitrogens with zero attached hydrogens (tertiary/aromatic N) is 1. The maximum absolute atomic E-state index is 12.8. The van der Waals surface area contributed by atoms with E-state index >= 15 is 0 Å². The Kier molecular flexibility index (Phi) is 10.4. The quantitative estimate of drug-likeness (QED) is 0.304. The number of nitrogens with one attached hydrogen (secondary N) is 2. The third-order valence-corrected chi connectivity index (χ3v) is 5.14. The first-order valence-corrected chi connectivity index (χ1v) is 11.0. The molecule has 1 aromatic carbocycles. The zero-order valence-corrected chi connectivity index (χ0v) is 19.5. The molecule has 32 heavy (non-hydrogen) atoms. The number of para-hydroxylation sites is 1. The van der Waals surface area contributed by atoms with E-state index in [1.807, 2.05) is 13.8 Å². The summed E-state index contributed by atoms with van der Waals surface area (Å²) in [7, 11) is 1.56. The summed E-state index contributed by atoms with van der Waals surface area (Å²) in [6.45, 7) is 5.75. The predicted molar refractivity (Wildman–Crippen MR) is 122 cm³/mol. The number of amides is 2. The third kappa shape index (κ3) is 7.76. The van der Waals surface area contributed by atoms with Gasteiger partial charge in [0, 0.05) is 20.2 Å². The Bertz CT molecular complexity index is 817. The van der Waals surface area contributed by atoms with E-state index in [-0.39, 0.29) is 17.4 Å². The van der Waals surface area contributed by atoms with Gasteiger partial charge < -0.3 is 24.4 Å². The number of methoxy groups -OCH3 is 1. The van der Waals surface area contributed by atoms with Gasteiger partial charge in [0.2, 0.25) is 5.91 Å². The second-order valence-electron chi connectivity index (χ2n) is 7.70. The van der Waals surface area contributed by atoms with Crippen molar-refractivity contribution < 1.29 is 28.6 Å². The summed E-state index contributed by atoms with van der Waals surface area (Å²) in [6, 6.07) is 5.92. The smallest absolute Gasteiger partial charge is 0.308 e. The van der Waals surface area contributed by atoms with Crippen molar-refractivity contribution in [1.82, 2.24) is 15.5 Å². The number of rotatable bonds is 10. The number of hydrogen-bond acceptors (Lipinski definition) is 7. The van der Waals surface area contributed by atoms with Crippen molar-refractivity contribution in [3.05, 3.63) is 29.8 Å². The average Bonchev–Trinajstić information content (AvgIpc) is 2.75. The Morgan fingerprint density at radius 3 is 2.72 bits per heavy atom. The first-order valence-electron chi connectivity index (χ1n) is 10.6. The van der Waals surface area contributed by atoms with Crippen LogP contribution in [0.4, 0.5) is 0 Å². The fourth-order valence-corrected chi connectivity index (χ4v) is 3.35. The monoisotopic (exact) mass is 465 g/mol. The fourth-order valence-electron chi connectivity index (χ4n) is 3.04. The molecule has 0 saturated carbocycles. The highest BCUT2D eigenvalue weighted by Gasteiger charge is 2.34. The first-order chi connectivity index (χ1) is 15.3. The zero-order valence-electron chi connectivity index (χ0n) is 18.7. The minimum atomic E-state index is -0.851. The zero-order chi connectivity index (χ0) is 23.5. The fraction of sp³-hybridized carbons (Fsp3) is 0.545. The number of hydrogen-bond donors (Lipinski definition) is 2. The molecule has 2 N–H and O–H groups in total. The second kappa shape index (κ2) is 13.0. The molecule has 1 atom stereocenters. The van der Waals surface area contributed by atoms with Crippen molar-refractivity contribution in [2.24, 2.45) is 5.92 Å². The summed E-state index contributed by atoms with van der Waals surface area (Å²) in [5.41, 5.74) is 0.303. The van der Waals surface area contributed by atoms with Crippen molar-refractivity contribution in [3.63, 3.8) is 0 Å². The predicted octanol–water partition coefficient (Wildman–Crippen LogP) is 1.51. The van der Waals surface area contributed by atoms with Crippen LogP contribution in [0.1, 0.15) is 37.0 Å². The maximum Gasteiger partial charge on any atom is 0.308 e. The van der Waals surface area contributed by atoms with Gasteiger partial charge in [-0.25, -0.2) is 0 Å². The molecule has 0 radical (unpaired) electrons. The van der Waals surface area contributed by atoms with E-state index in [1.54, 1.807) is 36.3 Å². The summed E-state index contributed by atoms with van der Waals surface area (Å²) in [6.07, 6.45) is 0.587. The Morgan fingerprint density at radius 1 is 1.25 bits per heavy atom. The van der Waals surface area contributed by atoms with E-state index < -0.39 is 17.9 Å². The first kappa shape index (κ1) is 25.5. The molecule has 1 unspecified atom stereocenters. The van der Waals surface area contributed by atoms with Gasteiger partial charge in [-0.1, -0.05) is 26.0 Å². The van der Waals surface area contributed by atoms with Gasteiger partial charge in [-0.2, -0.15) is 0 Å². The third-order valence-electron chi connectivity index (χ3n) is 4.81. The van der Waals surface area contributed by atoms with Crippen LogP contribution in [0, 0.1) is 5.92 Å². The van der Waals surface area contributed by atoms with E-state index in [2.05, 4.69) is 10.6 Å². The van der Waals surface area contributed by atoms with E-state index in [4.69, 9.17) is 26.4 Å². The number of piperazine rings is 1. The van der Waals surface area contributed by atoms with Gasteiger partial charge in [-0.3, -0.25) is 19.7 Å². The lowest BCUT2D eigenvalue weighted by molar-refractivity contribution is -0.147. The molecule has 1 aliphatic heterocycles. The van der Waals surface area contributed by atoms with E-state index in [0.29, 0.717) is 50.1 Å². The van der Waals surface area contributed by atoms with Crippen molar-refractivity contribution >= 4 is 35.1 Å². The molecule has 1 heterocycles. The van der Waals surface area contributed by atoms with Crippen LogP contribution in [0.15, 0.2) is 24.3 Å². The molecular weight excluding hydrogens is 434 g/mol. The Hall–Kier alpha value is -2.72. The van der Waals surface area contributed by atoms with Crippen LogP contribution in [-0.2, 0) is 19.1 Å². The summed E-state index contributed by atoms with van der Waals surface area (Å²) in [5, 5.41) is 5.45. The lowest BCUT2D eigenvalue weighted by atomic mass is 10.1. The van der Waals surface area contributed by atoms with Gasteiger partial charge >= 0.3 is 5.97 Å². The van der Waals surface area contributed by atoms with Crippen molar-refractivity contribution in [2.75, 3.05) is 40.0 Å². The standard InChI is InChI=1S/C22H31N3O6S/c1-15(2)8-11-31-19(26)14-17-21(28)23-9-10-25(17)22(32)24-20(27)16-6-4-5-7-18(16)30-13-12-29-3/h4-7,15,17H,8-14H2,1-3H3,(H,23,28)(H,24,27,32). The molecule has 2 amide bonds. The molecule has 10 heteroatoms. The summed E-state index contributed by atoms with van der Waals surface area (Å²) in [4.78, 5) is 39.0. The molecule has 1 fully saturated rings. The van der Waals surface area contributed by atoms with Crippen LogP contribution < -0.4 is 15.4 Å². The van der Waals surface area contributed by atoms with Crippen LogP contribution in [0.2, 0.25) is 0 Å². The number of thiocarbonyl (C=S) groups is 1. The largest absolute Gasteiger partial charge is 0.490 e. The van der Waals surface area contributed by atoms with Crippen molar-refractivity contribution in [3.8, 4) is 5.75 Å². The van der Waals surface area contributed by atoms with Gasteiger partial charge in [0.1, 0.15) is 18.4 Å². The molecule has 2 rings (SSSR count). The highest BCUT2D eigenvalue weighted by molar-refractivity contribution is 7.80. The van der Waals surface area contributed by atoms with Crippen molar-refractivity contribution in [1.29, 1.82) is 0 Å². The number of carbonyl (C=O) groups is 3. The molecule has 1 aliphatic rings. The highest BCUT2D eigenvalue weighted by atomic mass is 32.1. The minimum absolute atomic E-state index is 0.0662. The van der Waals surface area contributed by atoms with E-state index in [9.17, 15) is 14.4 Å². The molecule has 1 aromatic rings. The van der Waals surface area contributed by atoms with Crippen LogP contribution in [0.3, 0.4) is 0 Å². The van der Waals surface area contributed by atoms with E-state index in [0.717, 1.165) is 6.42 Å². The lowest BCUT2D eigenvalue weighted by Crippen LogP contribution is -2.60. The van der Waals surface area contributed by atoms with Gasteiger partial charge in [0.05, 0.1) is 25.2 Å². The number of carbonyl (C=O) groups excluding carboxylic acids is 3. The number of ether oxygens (including phenoxy) is 3. The van der Waals surface area contributed by atoms with Gasteiger partial charge in [0.25, 0.3) is 5.91 Å². The molecular formula is C22H31N3O6S. The Labute approximate surface area is 193 Å². The number of esters is 1. The molecule has 0 spiro atoms. The average molecular weight is 466 g/mol. The SMILES string of the molecule is COCCOc1ccccc1C(=O)NC(=S)N1CCNC(=O)C1CC(=O)OCCC(C)C. The lowest BCUT2D eigenvalue weighted by Gasteiger charge is -2.36. The van der Waals surface area contributed by atoms with Gasteiger partial charge in [-0.15, -0.1) is 0 Å². The topological polar surface area (TPSA) is 106 Å². The normalized spacial score (nSPS) is 15.8. The minimum Gasteiger partial charge on any atom is -0.490 e. The van der Waals surface area contributed by atoms with E-state index in [1.165, 1.54) is 0 Å². The maximum atomic E-state index is 12.8. The van der Waals surface area contributed by atoms with Crippen LogP contribution in [0.25, 0.3) is 0 Å². The van der Waals surface area contributed by atoms with Crippen molar-refractivity contribution in [2.45, 2.75) is 32.7 Å². The summed E-state index contributed by atoms with van der Waals surface area (Å²) >= 11 is 5.41. The van der Waals surface area contributed by atoms with Crippen LogP contribution >= 0.6 is 12.2 Å². The summed E-state index contributed by atoms with van der Waals surface area (Å²) < 4.78 is 15.8.